The van der Waals surface area contributed by atoms with Crippen molar-refractivity contribution in [3.8, 4) is 0 Å². The molecule has 0 atom stereocenters. The highest BCUT2D eigenvalue weighted by atomic mass is 127. The zero-order chi connectivity index (χ0) is 19.9. The highest BCUT2D eigenvalue weighted by Crippen LogP contribution is 2.17. The van der Waals surface area contributed by atoms with Gasteiger partial charge >= 0.3 is 0 Å². The van der Waals surface area contributed by atoms with Gasteiger partial charge in [0, 0.05) is 37.1 Å². The van der Waals surface area contributed by atoms with E-state index in [0.717, 1.165) is 55.7 Å². The molecule has 0 unspecified atom stereocenters. The molecule has 1 fully saturated rings. The number of guanidine groups is 1. The van der Waals surface area contributed by atoms with Crippen LogP contribution in [0.15, 0.2) is 29.3 Å². The molecule has 0 bridgehead atoms. The van der Waals surface area contributed by atoms with Crippen molar-refractivity contribution < 1.29 is 0 Å². The molecule has 5 nitrogen and oxygen atoms in total. The molecule has 3 rings (SSSR count). The number of hydrogen-bond donors (Lipinski definition) is 2. The van der Waals surface area contributed by atoms with E-state index in [-0.39, 0.29) is 24.0 Å². The molecule has 0 saturated carbocycles. The molecule has 0 aliphatic carbocycles. The number of piperidine rings is 1. The van der Waals surface area contributed by atoms with E-state index in [1.807, 2.05) is 0 Å². The van der Waals surface area contributed by atoms with Crippen LogP contribution in [0.3, 0.4) is 0 Å². The third-order valence-corrected chi connectivity index (χ3v) is 6.26. The summed E-state index contributed by atoms with van der Waals surface area (Å²) in [5.41, 5.74) is 3.87. The topological polar surface area (TPSA) is 52.6 Å². The number of thiazole rings is 1. The van der Waals surface area contributed by atoms with Crippen LogP contribution in [0.2, 0.25) is 0 Å². The Morgan fingerprint density at radius 2 is 2.00 bits per heavy atom. The lowest BCUT2D eigenvalue weighted by Gasteiger charge is -2.33. The second kappa shape index (κ2) is 11.9. The number of aliphatic imine (C=N–C) groups is 1. The molecule has 29 heavy (non-hydrogen) atoms. The van der Waals surface area contributed by atoms with Crippen LogP contribution in [0.5, 0.6) is 0 Å². The number of rotatable bonds is 6. The predicted octanol–water partition coefficient (Wildman–Crippen LogP) is 4.41. The van der Waals surface area contributed by atoms with Crippen molar-refractivity contribution in [3.63, 3.8) is 0 Å². The molecule has 2 N–H and O–H groups in total. The van der Waals surface area contributed by atoms with E-state index >= 15 is 0 Å². The molecule has 7 heteroatoms. The standard InChI is InChI=1S/C22H33N5S.HI/c1-5-23-22(24-14-21-25-17(3)18(4)28-21)26-20-9-11-27(12-10-20)15-19-8-6-7-16(2)13-19;/h6-8,13,20H,5,9-12,14-15H2,1-4H3,(H2,23,24,26);1H. The third-order valence-electron chi connectivity index (χ3n) is 5.21. The van der Waals surface area contributed by atoms with Gasteiger partial charge in [0.05, 0.1) is 12.2 Å². The molecule has 2 heterocycles. The number of likely N-dealkylation sites (tertiary alicyclic amines) is 1. The van der Waals surface area contributed by atoms with Gasteiger partial charge in [0.25, 0.3) is 0 Å². The molecular formula is C22H34IN5S. The number of hydrogen-bond acceptors (Lipinski definition) is 4. The third kappa shape index (κ3) is 7.53. The van der Waals surface area contributed by atoms with Gasteiger partial charge in [-0.25, -0.2) is 9.98 Å². The number of halogens is 1. The fraction of sp³-hybridized carbons (Fsp3) is 0.545. The SMILES string of the molecule is CCNC(=NCc1nc(C)c(C)s1)NC1CCN(Cc2cccc(C)c2)CC1.I. The van der Waals surface area contributed by atoms with Crippen molar-refractivity contribution in [3.05, 3.63) is 51.0 Å². The van der Waals surface area contributed by atoms with Crippen LogP contribution < -0.4 is 10.6 Å². The van der Waals surface area contributed by atoms with Gasteiger partial charge in [-0.15, -0.1) is 35.3 Å². The lowest BCUT2D eigenvalue weighted by atomic mass is 10.0. The molecule has 0 radical (unpaired) electrons. The van der Waals surface area contributed by atoms with E-state index in [1.54, 1.807) is 11.3 Å². The Morgan fingerprint density at radius 3 is 2.62 bits per heavy atom. The second-order valence-corrected chi connectivity index (χ2v) is 8.92. The highest BCUT2D eigenvalue weighted by molar-refractivity contribution is 14.0. The van der Waals surface area contributed by atoms with Crippen LogP contribution in [-0.4, -0.2) is 41.5 Å². The van der Waals surface area contributed by atoms with Gasteiger partial charge in [0.1, 0.15) is 5.01 Å². The Balaban J connectivity index is 0.00000300. The fourth-order valence-corrected chi connectivity index (χ4v) is 4.43. The van der Waals surface area contributed by atoms with Gasteiger partial charge in [-0.3, -0.25) is 4.90 Å². The van der Waals surface area contributed by atoms with Crippen molar-refractivity contribution in [2.24, 2.45) is 4.99 Å². The maximum atomic E-state index is 4.76. The number of nitrogens with one attached hydrogen (secondary N) is 2. The largest absolute Gasteiger partial charge is 0.357 e. The Hall–Kier alpha value is -1.19. The molecule has 0 amide bonds. The van der Waals surface area contributed by atoms with Crippen LogP contribution in [-0.2, 0) is 13.1 Å². The van der Waals surface area contributed by atoms with E-state index in [1.165, 1.54) is 16.0 Å². The van der Waals surface area contributed by atoms with Crippen LogP contribution in [0.1, 0.15) is 46.5 Å². The molecule has 1 aromatic heterocycles. The zero-order valence-electron chi connectivity index (χ0n) is 18.0. The minimum Gasteiger partial charge on any atom is -0.357 e. The Morgan fingerprint density at radius 1 is 1.24 bits per heavy atom. The molecular weight excluding hydrogens is 493 g/mol. The Labute approximate surface area is 196 Å². The number of aromatic nitrogens is 1. The molecule has 0 spiro atoms. The maximum Gasteiger partial charge on any atom is 0.191 e. The van der Waals surface area contributed by atoms with E-state index in [2.05, 4.69) is 72.5 Å². The quantitative estimate of drug-likeness (QED) is 0.332. The summed E-state index contributed by atoms with van der Waals surface area (Å²) < 4.78 is 0. The Bertz CT molecular complexity index is 777. The van der Waals surface area contributed by atoms with E-state index in [0.29, 0.717) is 12.6 Å². The van der Waals surface area contributed by atoms with Crippen LogP contribution >= 0.6 is 35.3 Å². The minimum absolute atomic E-state index is 0. The first-order valence-electron chi connectivity index (χ1n) is 10.3. The summed E-state index contributed by atoms with van der Waals surface area (Å²) in [5, 5.41) is 8.10. The van der Waals surface area contributed by atoms with Gasteiger partial charge < -0.3 is 10.6 Å². The summed E-state index contributed by atoms with van der Waals surface area (Å²) in [7, 11) is 0. The number of nitrogens with zero attached hydrogens (tertiary/aromatic N) is 3. The van der Waals surface area contributed by atoms with Crippen molar-refractivity contribution in [1.29, 1.82) is 0 Å². The summed E-state index contributed by atoms with van der Waals surface area (Å²) in [5.74, 6) is 0.908. The summed E-state index contributed by atoms with van der Waals surface area (Å²) >= 11 is 1.74. The first-order valence-corrected chi connectivity index (χ1v) is 11.1. The van der Waals surface area contributed by atoms with Crippen molar-refractivity contribution in [2.75, 3.05) is 19.6 Å². The lowest BCUT2D eigenvalue weighted by molar-refractivity contribution is 0.198. The molecule has 1 saturated heterocycles. The number of aryl methyl sites for hydroxylation is 3. The summed E-state index contributed by atoms with van der Waals surface area (Å²) in [6, 6.07) is 9.32. The molecule has 2 aromatic rings. The van der Waals surface area contributed by atoms with Gasteiger partial charge in [0.2, 0.25) is 0 Å². The zero-order valence-corrected chi connectivity index (χ0v) is 21.1. The summed E-state index contributed by atoms with van der Waals surface area (Å²) in [4.78, 5) is 13.2. The number of benzene rings is 1. The first-order chi connectivity index (χ1) is 13.5. The lowest BCUT2D eigenvalue weighted by Crippen LogP contribution is -2.48. The first kappa shape index (κ1) is 24.1. The van der Waals surface area contributed by atoms with Crippen LogP contribution in [0.4, 0.5) is 0 Å². The van der Waals surface area contributed by atoms with Crippen molar-refractivity contribution in [1.82, 2.24) is 20.5 Å². The van der Waals surface area contributed by atoms with Gasteiger partial charge in [0.15, 0.2) is 5.96 Å². The monoisotopic (exact) mass is 527 g/mol. The second-order valence-electron chi connectivity index (χ2n) is 7.63. The predicted molar refractivity (Wildman–Crippen MR) is 134 cm³/mol. The van der Waals surface area contributed by atoms with E-state index < -0.39 is 0 Å². The maximum absolute atomic E-state index is 4.76. The van der Waals surface area contributed by atoms with Gasteiger partial charge in [-0.2, -0.15) is 0 Å². The van der Waals surface area contributed by atoms with E-state index in [9.17, 15) is 0 Å². The van der Waals surface area contributed by atoms with Gasteiger partial charge in [-0.1, -0.05) is 29.8 Å². The average molecular weight is 528 g/mol. The van der Waals surface area contributed by atoms with Crippen LogP contribution in [0, 0.1) is 20.8 Å². The molecule has 1 aliphatic rings. The normalized spacial score (nSPS) is 15.8. The van der Waals surface area contributed by atoms with Gasteiger partial charge in [-0.05, 0) is 46.1 Å². The molecule has 160 valence electrons. The molecule has 1 aliphatic heterocycles. The van der Waals surface area contributed by atoms with Crippen molar-refractivity contribution in [2.45, 2.75) is 59.7 Å². The average Bonchev–Trinajstić information content (AvgIpc) is 2.99. The smallest absolute Gasteiger partial charge is 0.191 e. The fourth-order valence-electron chi connectivity index (χ4n) is 3.57. The Kier molecular flexibility index (Phi) is 9.85. The minimum atomic E-state index is 0. The van der Waals surface area contributed by atoms with Crippen molar-refractivity contribution >= 4 is 41.3 Å². The summed E-state index contributed by atoms with van der Waals surface area (Å²) in [6.45, 7) is 13.3. The summed E-state index contributed by atoms with van der Waals surface area (Å²) in [6.07, 6.45) is 2.29. The molecule has 1 aromatic carbocycles. The van der Waals surface area contributed by atoms with Crippen LogP contribution in [0.25, 0.3) is 0 Å². The highest BCUT2D eigenvalue weighted by Gasteiger charge is 2.20. The van der Waals surface area contributed by atoms with E-state index in [4.69, 9.17) is 4.99 Å².